The Bertz CT molecular complexity index is 679. The van der Waals surface area contributed by atoms with Gasteiger partial charge in [0, 0.05) is 0 Å². The van der Waals surface area contributed by atoms with Crippen molar-refractivity contribution in [3.05, 3.63) is 59.7 Å². The molecule has 0 atom stereocenters. The highest BCUT2D eigenvalue weighted by Gasteiger charge is 2.16. The molecule has 0 heterocycles. The van der Waals surface area contributed by atoms with E-state index in [0.717, 1.165) is 12.0 Å². The normalized spacial score (nSPS) is 15.0. The van der Waals surface area contributed by atoms with Crippen molar-refractivity contribution in [1.82, 2.24) is 0 Å². The Morgan fingerprint density at radius 2 is 1.54 bits per heavy atom. The quantitative estimate of drug-likeness (QED) is 0.538. The van der Waals surface area contributed by atoms with Gasteiger partial charge in [-0.15, -0.1) is 0 Å². The van der Waals surface area contributed by atoms with Gasteiger partial charge in [-0.1, -0.05) is 69.0 Å². The predicted octanol–water partition coefficient (Wildman–Crippen LogP) is 6.43. The summed E-state index contributed by atoms with van der Waals surface area (Å²) in [5, 5.41) is 0. The standard InChI is InChI=1S/C24H30O2/c1-2-3-7-19-10-12-21(13-11-19)22-14-16-23(17-15-22)24(25)26-18-20-8-5-4-6-9-20/h10-17,20H,2-9,18H2,1H3. The fourth-order valence-electron chi connectivity index (χ4n) is 3.67. The molecular weight excluding hydrogens is 320 g/mol. The SMILES string of the molecule is CCCCc1ccc(-c2ccc(C(=O)OCC3CCCCC3)cc2)cc1. The number of aryl methyl sites for hydroxylation is 1. The van der Waals surface area contributed by atoms with E-state index in [1.54, 1.807) is 0 Å². The van der Waals surface area contributed by atoms with Crippen LogP contribution in [0, 0.1) is 5.92 Å². The highest BCUT2D eigenvalue weighted by Crippen LogP contribution is 2.25. The summed E-state index contributed by atoms with van der Waals surface area (Å²) < 4.78 is 5.53. The van der Waals surface area contributed by atoms with E-state index in [1.807, 2.05) is 24.3 Å². The zero-order valence-electron chi connectivity index (χ0n) is 15.9. The van der Waals surface area contributed by atoms with Crippen LogP contribution in [0.25, 0.3) is 11.1 Å². The minimum absolute atomic E-state index is 0.197. The van der Waals surface area contributed by atoms with E-state index in [4.69, 9.17) is 4.74 Å². The molecule has 2 nitrogen and oxygen atoms in total. The van der Waals surface area contributed by atoms with Crippen molar-refractivity contribution in [2.75, 3.05) is 6.61 Å². The molecule has 2 aromatic carbocycles. The third kappa shape index (κ3) is 5.20. The Hall–Kier alpha value is -2.09. The van der Waals surface area contributed by atoms with Crippen molar-refractivity contribution in [2.24, 2.45) is 5.92 Å². The number of carbonyl (C=O) groups is 1. The van der Waals surface area contributed by atoms with Crippen LogP contribution in [0.2, 0.25) is 0 Å². The molecule has 2 aromatic rings. The minimum atomic E-state index is -0.197. The molecule has 0 aliphatic heterocycles. The second kappa shape index (κ2) is 9.56. The van der Waals surface area contributed by atoms with Crippen LogP contribution in [0.5, 0.6) is 0 Å². The van der Waals surface area contributed by atoms with Crippen LogP contribution in [-0.4, -0.2) is 12.6 Å². The Morgan fingerprint density at radius 3 is 2.15 bits per heavy atom. The number of hydrogen-bond acceptors (Lipinski definition) is 2. The summed E-state index contributed by atoms with van der Waals surface area (Å²) in [6.45, 7) is 2.79. The van der Waals surface area contributed by atoms with Crippen molar-refractivity contribution in [3.63, 3.8) is 0 Å². The van der Waals surface area contributed by atoms with Crippen molar-refractivity contribution < 1.29 is 9.53 Å². The second-order valence-electron chi connectivity index (χ2n) is 7.48. The Balaban J connectivity index is 1.56. The topological polar surface area (TPSA) is 26.3 Å². The van der Waals surface area contributed by atoms with E-state index in [0.29, 0.717) is 18.1 Å². The van der Waals surface area contributed by atoms with Crippen LogP contribution in [-0.2, 0) is 11.2 Å². The first-order valence-electron chi connectivity index (χ1n) is 10.1. The van der Waals surface area contributed by atoms with Gasteiger partial charge in [-0.3, -0.25) is 0 Å². The third-order valence-corrected chi connectivity index (χ3v) is 5.40. The maximum absolute atomic E-state index is 12.3. The van der Waals surface area contributed by atoms with Crippen molar-refractivity contribution in [3.8, 4) is 11.1 Å². The predicted molar refractivity (Wildman–Crippen MR) is 107 cm³/mol. The highest BCUT2D eigenvalue weighted by molar-refractivity contribution is 5.90. The summed E-state index contributed by atoms with van der Waals surface area (Å²) in [7, 11) is 0. The van der Waals surface area contributed by atoms with Crippen molar-refractivity contribution in [1.29, 1.82) is 0 Å². The van der Waals surface area contributed by atoms with Crippen LogP contribution >= 0.6 is 0 Å². The lowest BCUT2D eigenvalue weighted by Crippen LogP contribution is -2.16. The van der Waals surface area contributed by atoms with E-state index < -0.39 is 0 Å². The van der Waals surface area contributed by atoms with Crippen molar-refractivity contribution >= 4 is 5.97 Å². The Kier molecular flexibility index (Phi) is 6.88. The van der Waals surface area contributed by atoms with Gasteiger partial charge in [-0.2, -0.15) is 0 Å². The van der Waals surface area contributed by atoms with Gasteiger partial charge in [0.1, 0.15) is 0 Å². The molecule has 0 aromatic heterocycles. The molecule has 3 rings (SSSR count). The smallest absolute Gasteiger partial charge is 0.338 e. The van der Waals surface area contributed by atoms with E-state index >= 15 is 0 Å². The number of esters is 1. The monoisotopic (exact) mass is 350 g/mol. The van der Waals surface area contributed by atoms with Crippen LogP contribution in [0.15, 0.2) is 48.5 Å². The molecule has 0 bridgehead atoms. The maximum atomic E-state index is 12.3. The Morgan fingerprint density at radius 1 is 0.923 bits per heavy atom. The van der Waals surface area contributed by atoms with E-state index in [2.05, 4.69) is 31.2 Å². The molecule has 0 radical (unpaired) electrons. The van der Waals surface area contributed by atoms with Gasteiger partial charge < -0.3 is 4.74 Å². The zero-order chi connectivity index (χ0) is 18.2. The average Bonchev–Trinajstić information content (AvgIpc) is 2.72. The highest BCUT2D eigenvalue weighted by atomic mass is 16.5. The van der Waals surface area contributed by atoms with Gasteiger partial charge in [-0.05, 0) is 60.4 Å². The number of rotatable bonds is 7. The van der Waals surface area contributed by atoms with Gasteiger partial charge in [0.2, 0.25) is 0 Å². The van der Waals surface area contributed by atoms with E-state index in [-0.39, 0.29) is 5.97 Å². The van der Waals surface area contributed by atoms with Crippen LogP contribution in [0.3, 0.4) is 0 Å². The number of ether oxygens (including phenoxy) is 1. The molecule has 0 spiro atoms. The molecule has 2 heteroatoms. The lowest BCUT2D eigenvalue weighted by atomic mass is 9.90. The lowest BCUT2D eigenvalue weighted by Gasteiger charge is -2.21. The summed E-state index contributed by atoms with van der Waals surface area (Å²) in [5.41, 5.74) is 4.35. The fourth-order valence-corrected chi connectivity index (χ4v) is 3.67. The Labute approximate surface area is 157 Å². The van der Waals surface area contributed by atoms with E-state index in [1.165, 1.54) is 56.1 Å². The average molecular weight is 351 g/mol. The van der Waals surface area contributed by atoms with Gasteiger partial charge in [-0.25, -0.2) is 4.79 Å². The molecule has 0 amide bonds. The summed E-state index contributed by atoms with van der Waals surface area (Å²) in [4.78, 5) is 12.3. The lowest BCUT2D eigenvalue weighted by molar-refractivity contribution is 0.0410. The molecule has 0 saturated heterocycles. The largest absolute Gasteiger partial charge is 0.462 e. The first kappa shape index (κ1) is 18.7. The first-order valence-corrected chi connectivity index (χ1v) is 10.1. The van der Waals surface area contributed by atoms with E-state index in [9.17, 15) is 4.79 Å². The van der Waals surface area contributed by atoms with Gasteiger partial charge in [0.15, 0.2) is 0 Å². The summed E-state index contributed by atoms with van der Waals surface area (Å²) >= 11 is 0. The molecule has 0 N–H and O–H groups in total. The summed E-state index contributed by atoms with van der Waals surface area (Å²) in [5.74, 6) is 0.357. The zero-order valence-corrected chi connectivity index (χ0v) is 15.9. The summed E-state index contributed by atoms with van der Waals surface area (Å²) in [6.07, 6.45) is 9.86. The van der Waals surface area contributed by atoms with Crippen LogP contribution in [0.1, 0.15) is 67.8 Å². The summed E-state index contributed by atoms with van der Waals surface area (Å²) in [6, 6.07) is 16.5. The molecule has 0 unspecified atom stereocenters. The van der Waals surface area contributed by atoms with Gasteiger partial charge in [0.05, 0.1) is 12.2 Å². The van der Waals surface area contributed by atoms with Crippen LogP contribution < -0.4 is 0 Å². The number of benzene rings is 2. The number of unbranched alkanes of at least 4 members (excludes halogenated alkanes) is 1. The molecule has 1 saturated carbocycles. The molecule has 26 heavy (non-hydrogen) atoms. The molecule has 1 aliphatic carbocycles. The minimum Gasteiger partial charge on any atom is -0.462 e. The van der Waals surface area contributed by atoms with Gasteiger partial charge >= 0.3 is 5.97 Å². The number of carbonyl (C=O) groups excluding carboxylic acids is 1. The fraction of sp³-hybridized carbons (Fsp3) is 0.458. The van der Waals surface area contributed by atoms with Crippen molar-refractivity contribution in [2.45, 2.75) is 58.3 Å². The second-order valence-corrected chi connectivity index (χ2v) is 7.48. The maximum Gasteiger partial charge on any atom is 0.338 e. The third-order valence-electron chi connectivity index (χ3n) is 5.40. The first-order chi connectivity index (χ1) is 12.8. The molecular formula is C24H30O2. The molecule has 1 aliphatic rings. The number of hydrogen-bond donors (Lipinski definition) is 0. The molecule has 138 valence electrons. The van der Waals surface area contributed by atoms with Gasteiger partial charge in [0.25, 0.3) is 0 Å². The molecule has 1 fully saturated rings. The van der Waals surface area contributed by atoms with Crippen LogP contribution in [0.4, 0.5) is 0 Å².